The van der Waals surface area contributed by atoms with Gasteiger partial charge in [-0.2, -0.15) is 5.10 Å². The molecule has 1 aromatic carbocycles. The van der Waals surface area contributed by atoms with Crippen molar-refractivity contribution in [1.29, 1.82) is 0 Å². The minimum atomic E-state index is -0.694. The number of nitrogens with one attached hydrogen (secondary N) is 1. The third kappa shape index (κ3) is 2.94. The second kappa shape index (κ2) is 5.97. The molecule has 2 aromatic rings. The molecule has 116 valence electrons. The average molecular weight is 308 g/mol. The smallest absolute Gasteiger partial charge is 0.271 e. The number of anilines is 1. The number of aromatic nitrogens is 2. The summed E-state index contributed by atoms with van der Waals surface area (Å²) in [6.45, 7) is 0. The van der Waals surface area contributed by atoms with Crippen LogP contribution in [0.25, 0.3) is 5.69 Å². The number of primary amides is 1. The van der Waals surface area contributed by atoms with Crippen LogP contribution in [-0.2, 0) is 4.79 Å². The number of hydrogen-bond acceptors (Lipinski definition) is 3. The molecular formula is C17H16N4O2. The molecule has 0 spiro atoms. The lowest BCUT2D eigenvalue weighted by molar-refractivity contribution is -0.122. The maximum atomic E-state index is 12.1. The number of carbonyl (C=O) groups is 2. The van der Waals surface area contributed by atoms with Crippen molar-refractivity contribution in [3.8, 4) is 18.0 Å². The Kier molecular flexibility index (Phi) is 3.85. The Balaban J connectivity index is 1.93. The van der Waals surface area contributed by atoms with Crippen LogP contribution in [0.5, 0.6) is 0 Å². The molecule has 1 aliphatic carbocycles. The summed E-state index contributed by atoms with van der Waals surface area (Å²) >= 11 is 0. The van der Waals surface area contributed by atoms with Gasteiger partial charge in [-0.1, -0.05) is 18.4 Å². The normalized spacial score (nSPS) is 13.9. The van der Waals surface area contributed by atoms with E-state index in [1.54, 1.807) is 30.5 Å². The summed E-state index contributed by atoms with van der Waals surface area (Å²) < 4.78 is 1.48. The van der Waals surface area contributed by atoms with Crippen molar-refractivity contribution in [3.63, 3.8) is 0 Å². The van der Waals surface area contributed by atoms with Crippen LogP contribution in [0.4, 0.5) is 5.69 Å². The largest absolute Gasteiger partial charge is 0.364 e. The Morgan fingerprint density at radius 3 is 2.78 bits per heavy atom. The first kappa shape index (κ1) is 14.9. The van der Waals surface area contributed by atoms with Crippen molar-refractivity contribution < 1.29 is 9.59 Å². The number of rotatable bonds is 4. The van der Waals surface area contributed by atoms with Crippen molar-refractivity contribution >= 4 is 17.5 Å². The highest BCUT2D eigenvalue weighted by atomic mass is 16.2. The highest BCUT2D eigenvalue weighted by Gasteiger charge is 2.27. The molecule has 23 heavy (non-hydrogen) atoms. The summed E-state index contributed by atoms with van der Waals surface area (Å²) in [6, 6.07) is 7.15. The molecule has 6 heteroatoms. The fraction of sp³-hybridized carbons (Fsp3) is 0.235. The molecule has 1 fully saturated rings. The molecule has 0 radical (unpaired) electrons. The summed E-state index contributed by atoms with van der Waals surface area (Å²) in [5, 5.41) is 6.92. The SMILES string of the molecule is C#Cc1cccc(-n2cc(NC(=O)C3CCC3)c(C(N)=O)n2)c1. The standard InChI is InChI=1S/C17H16N4O2/c1-2-11-5-3-8-13(9-11)21-10-14(15(20-21)16(18)22)19-17(23)12-6-4-7-12/h1,3,5,8-10,12H,4,6-7H2,(H2,18,22)(H,19,23). The van der Waals surface area contributed by atoms with Gasteiger partial charge in [0.05, 0.1) is 17.6 Å². The number of terminal acetylenes is 1. The number of benzene rings is 1. The molecule has 2 amide bonds. The van der Waals surface area contributed by atoms with Crippen molar-refractivity contribution in [2.75, 3.05) is 5.32 Å². The number of nitrogens with zero attached hydrogens (tertiary/aromatic N) is 2. The summed E-state index contributed by atoms with van der Waals surface area (Å²) in [6.07, 6.45) is 9.76. The van der Waals surface area contributed by atoms with E-state index in [1.165, 1.54) is 4.68 Å². The summed E-state index contributed by atoms with van der Waals surface area (Å²) in [5.41, 5.74) is 7.09. The Bertz CT molecular complexity index is 812. The average Bonchev–Trinajstić information content (AvgIpc) is 2.89. The first-order chi connectivity index (χ1) is 11.1. The molecule has 0 atom stereocenters. The predicted octanol–water partition coefficient (Wildman–Crippen LogP) is 1.69. The van der Waals surface area contributed by atoms with Crippen LogP contribution in [0, 0.1) is 18.3 Å². The van der Waals surface area contributed by atoms with Gasteiger partial charge in [-0.25, -0.2) is 4.68 Å². The first-order valence-electron chi connectivity index (χ1n) is 7.36. The van der Waals surface area contributed by atoms with E-state index in [1.807, 2.05) is 0 Å². The lowest BCUT2D eigenvalue weighted by Crippen LogP contribution is -2.28. The maximum absolute atomic E-state index is 12.1. The Morgan fingerprint density at radius 2 is 2.17 bits per heavy atom. The molecule has 1 heterocycles. The van der Waals surface area contributed by atoms with E-state index in [2.05, 4.69) is 16.3 Å². The maximum Gasteiger partial charge on any atom is 0.271 e. The van der Waals surface area contributed by atoms with Crippen LogP contribution in [0.1, 0.15) is 35.3 Å². The minimum Gasteiger partial charge on any atom is -0.364 e. The van der Waals surface area contributed by atoms with Crippen LogP contribution >= 0.6 is 0 Å². The zero-order chi connectivity index (χ0) is 16.4. The monoisotopic (exact) mass is 308 g/mol. The van der Waals surface area contributed by atoms with Gasteiger partial charge in [-0.15, -0.1) is 6.42 Å². The third-order valence-corrected chi connectivity index (χ3v) is 3.96. The lowest BCUT2D eigenvalue weighted by Gasteiger charge is -2.23. The minimum absolute atomic E-state index is 0.00356. The quantitative estimate of drug-likeness (QED) is 0.842. The van der Waals surface area contributed by atoms with E-state index in [-0.39, 0.29) is 17.5 Å². The molecule has 1 aliphatic rings. The van der Waals surface area contributed by atoms with Gasteiger partial charge in [0.15, 0.2) is 5.69 Å². The van der Waals surface area contributed by atoms with Gasteiger partial charge in [-0.05, 0) is 31.0 Å². The van der Waals surface area contributed by atoms with E-state index in [4.69, 9.17) is 12.2 Å². The topological polar surface area (TPSA) is 90.0 Å². The van der Waals surface area contributed by atoms with E-state index >= 15 is 0 Å². The van der Waals surface area contributed by atoms with Crippen molar-refractivity contribution in [1.82, 2.24) is 9.78 Å². The molecule has 3 rings (SSSR count). The van der Waals surface area contributed by atoms with E-state index in [9.17, 15) is 9.59 Å². The fourth-order valence-electron chi connectivity index (χ4n) is 2.42. The van der Waals surface area contributed by atoms with Crippen LogP contribution in [0.2, 0.25) is 0 Å². The Labute approximate surface area is 133 Å². The molecule has 0 saturated heterocycles. The molecule has 0 aliphatic heterocycles. The molecule has 1 aromatic heterocycles. The zero-order valence-electron chi connectivity index (χ0n) is 12.5. The van der Waals surface area contributed by atoms with E-state index < -0.39 is 5.91 Å². The molecule has 0 unspecified atom stereocenters. The molecule has 0 bridgehead atoms. The Morgan fingerprint density at radius 1 is 1.39 bits per heavy atom. The number of carbonyl (C=O) groups excluding carboxylic acids is 2. The number of hydrogen-bond donors (Lipinski definition) is 2. The van der Waals surface area contributed by atoms with E-state index in [0.717, 1.165) is 19.3 Å². The van der Waals surface area contributed by atoms with Crippen LogP contribution in [0.15, 0.2) is 30.5 Å². The fourth-order valence-corrected chi connectivity index (χ4v) is 2.42. The van der Waals surface area contributed by atoms with Gasteiger partial charge in [-0.3, -0.25) is 9.59 Å². The summed E-state index contributed by atoms with van der Waals surface area (Å²) in [4.78, 5) is 23.7. The molecule has 6 nitrogen and oxygen atoms in total. The first-order valence-corrected chi connectivity index (χ1v) is 7.36. The van der Waals surface area contributed by atoms with E-state index in [0.29, 0.717) is 16.9 Å². The van der Waals surface area contributed by atoms with Crippen molar-refractivity contribution in [2.45, 2.75) is 19.3 Å². The molecular weight excluding hydrogens is 292 g/mol. The summed E-state index contributed by atoms with van der Waals surface area (Å²) in [5.74, 6) is 1.75. The number of amides is 2. The second-order valence-corrected chi connectivity index (χ2v) is 5.51. The van der Waals surface area contributed by atoms with Gasteiger partial charge >= 0.3 is 0 Å². The van der Waals surface area contributed by atoms with Crippen LogP contribution in [0.3, 0.4) is 0 Å². The van der Waals surface area contributed by atoms with Crippen LogP contribution < -0.4 is 11.1 Å². The molecule has 1 saturated carbocycles. The zero-order valence-corrected chi connectivity index (χ0v) is 12.5. The van der Waals surface area contributed by atoms with Gasteiger partial charge in [0.1, 0.15) is 0 Å². The lowest BCUT2D eigenvalue weighted by atomic mass is 9.85. The highest BCUT2D eigenvalue weighted by molar-refractivity contribution is 6.02. The second-order valence-electron chi connectivity index (χ2n) is 5.51. The van der Waals surface area contributed by atoms with Gasteiger partial charge in [0.25, 0.3) is 5.91 Å². The van der Waals surface area contributed by atoms with Crippen LogP contribution in [-0.4, -0.2) is 21.6 Å². The third-order valence-electron chi connectivity index (χ3n) is 3.96. The van der Waals surface area contributed by atoms with Crippen molar-refractivity contribution in [2.24, 2.45) is 11.7 Å². The number of nitrogens with two attached hydrogens (primary N) is 1. The van der Waals surface area contributed by atoms with Crippen molar-refractivity contribution in [3.05, 3.63) is 41.7 Å². The van der Waals surface area contributed by atoms with Gasteiger partial charge in [0.2, 0.25) is 5.91 Å². The molecule has 3 N–H and O–H groups in total. The predicted molar refractivity (Wildman–Crippen MR) is 86.0 cm³/mol. The Hall–Kier alpha value is -3.07. The van der Waals surface area contributed by atoms with Gasteiger partial charge in [0, 0.05) is 11.5 Å². The summed E-state index contributed by atoms with van der Waals surface area (Å²) in [7, 11) is 0. The van der Waals surface area contributed by atoms with Gasteiger partial charge < -0.3 is 11.1 Å². The highest BCUT2D eigenvalue weighted by Crippen LogP contribution is 2.28.